The SMILES string of the molecule is O=C(OC1CCCN=NCCC1)c1ccccc1. The Bertz CT molecular complexity index is 392. The molecule has 0 atom stereocenters. The number of benzene rings is 1. The summed E-state index contributed by atoms with van der Waals surface area (Å²) in [5.74, 6) is -0.228. The zero-order chi connectivity index (χ0) is 12.6. The molecule has 4 nitrogen and oxygen atoms in total. The number of hydrogen-bond acceptors (Lipinski definition) is 4. The number of ether oxygens (including phenoxy) is 1. The summed E-state index contributed by atoms with van der Waals surface area (Å²) in [7, 11) is 0. The molecule has 1 aromatic carbocycles. The third-order valence-electron chi connectivity index (χ3n) is 2.95. The van der Waals surface area contributed by atoms with Crippen LogP contribution in [0.25, 0.3) is 0 Å². The molecule has 0 N–H and O–H groups in total. The number of esters is 1. The molecule has 0 unspecified atom stereocenters. The highest BCUT2D eigenvalue weighted by Gasteiger charge is 2.16. The number of hydrogen-bond donors (Lipinski definition) is 0. The van der Waals surface area contributed by atoms with Crippen LogP contribution in [-0.2, 0) is 4.74 Å². The number of azo groups is 1. The molecular weight excluding hydrogens is 228 g/mol. The topological polar surface area (TPSA) is 51.0 Å². The fourth-order valence-electron chi connectivity index (χ4n) is 1.98. The lowest BCUT2D eigenvalue weighted by atomic mass is 10.1. The van der Waals surface area contributed by atoms with E-state index in [1.165, 1.54) is 0 Å². The normalized spacial score (nSPS) is 17.6. The van der Waals surface area contributed by atoms with Gasteiger partial charge in [0.05, 0.1) is 18.7 Å². The van der Waals surface area contributed by atoms with Gasteiger partial charge in [-0.25, -0.2) is 4.79 Å². The van der Waals surface area contributed by atoms with Crippen molar-refractivity contribution in [1.82, 2.24) is 0 Å². The van der Waals surface area contributed by atoms with E-state index in [0.717, 1.165) is 38.8 Å². The molecule has 0 amide bonds. The van der Waals surface area contributed by atoms with E-state index in [1.807, 2.05) is 18.2 Å². The van der Waals surface area contributed by atoms with Crippen molar-refractivity contribution in [2.45, 2.75) is 31.8 Å². The average Bonchev–Trinajstić information content (AvgIpc) is 2.54. The summed E-state index contributed by atoms with van der Waals surface area (Å²) in [4.78, 5) is 11.9. The summed E-state index contributed by atoms with van der Waals surface area (Å²) in [5.41, 5.74) is 0.617. The molecule has 2 rings (SSSR count). The van der Waals surface area contributed by atoms with E-state index in [1.54, 1.807) is 12.1 Å². The third-order valence-corrected chi connectivity index (χ3v) is 2.95. The Balaban J connectivity index is 1.89. The highest BCUT2D eigenvalue weighted by atomic mass is 16.5. The minimum atomic E-state index is -0.228. The first-order valence-corrected chi connectivity index (χ1v) is 6.45. The summed E-state index contributed by atoms with van der Waals surface area (Å²) in [6, 6.07) is 9.14. The van der Waals surface area contributed by atoms with Crippen LogP contribution in [0.4, 0.5) is 0 Å². The summed E-state index contributed by atoms with van der Waals surface area (Å²) in [5, 5.41) is 8.09. The van der Waals surface area contributed by atoms with Gasteiger partial charge in [-0.1, -0.05) is 18.2 Å². The molecule has 18 heavy (non-hydrogen) atoms. The van der Waals surface area contributed by atoms with Gasteiger partial charge in [-0.15, -0.1) is 0 Å². The van der Waals surface area contributed by atoms with Crippen LogP contribution in [0.15, 0.2) is 40.6 Å². The van der Waals surface area contributed by atoms with Crippen molar-refractivity contribution < 1.29 is 9.53 Å². The van der Waals surface area contributed by atoms with E-state index in [4.69, 9.17) is 4.74 Å². The molecule has 0 saturated heterocycles. The second-order valence-electron chi connectivity index (χ2n) is 4.41. The third kappa shape index (κ3) is 3.95. The Morgan fingerprint density at radius 1 is 1.06 bits per heavy atom. The maximum absolute atomic E-state index is 11.9. The molecule has 0 aromatic heterocycles. The lowest BCUT2D eigenvalue weighted by Crippen LogP contribution is -2.18. The van der Waals surface area contributed by atoms with Gasteiger partial charge in [-0.3, -0.25) is 0 Å². The molecule has 1 heterocycles. The van der Waals surface area contributed by atoms with Crippen LogP contribution in [0.2, 0.25) is 0 Å². The van der Waals surface area contributed by atoms with E-state index in [2.05, 4.69) is 10.2 Å². The summed E-state index contributed by atoms with van der Waals surface area (Å²) in [6.07, 6.45) is 3.60. The molecule has 0 radical (unpaired) electrons. The van der Waals surface area contributed by atoms with Crippen LogP contribution >= 0.6 is 0 Å². The fourth-order valence-corrected chi connectivity index (χ4v) is 1.98. The minimum absolute atomic E-state index is 0.00112. The van der Waals surface area contributed by atoms with Crippen molar-refractivity contribution in [3.05, 3.63) is 35.9 Å². The van der Waals surface area contributed by atoms with Crippen molar-refractivity contribution in [3.63, 3.8) is 0 Å². The van der Waals surface area contributed by atoms with Crippen LogP contribution in [0.3, 0.4) is 0 Å². The Morgan fingerprint density at radius 2 is 1.67 bits per heavy atom. The Kier molecular flexibility index (Phi) is 4.88. The first-order valence-electron chi connectivity index (χ1n) is 6.45. The van der Waals surface area contributed by atoms with Gasteiger partial charge in [-0.2, -0.15) is 10.2 Å². The van der Waals surface area contributed by atoms with Crippen LogP contribution in [0.1, 0.15) is 36.0 Å². The van der Waals surface area contributed by atoms with Crippen molar-refractivity contribution in [2.24, 2.45) is 10.2 Å². The molecule has 0 aliphatic carbocycles. The highest BCUT2D eigenvalue weighted by molar-refractivity contribution is 5.89. The van der Waals surface area contributed by atoms with Gasteiger partial charge in [0, 0.05) is 0 Å². The smallest absolute Gasteiger partial charge is 0.338 e. The number of carbonyl (C=O) groups excluding carboxylic acids is 1. The maximum atomic E-state index is 11.9. The molecule has 0 fully saturated rings. The van der Waals surface area contributed by atoms with Gasteiger partial charge in [-0.05, 0) is 37.8 Å². The predicted octanol–water partition coefficient (Wildman–Crippen LogP) is 3.24. The van der Waals surface area contributed by atoms with Gasteiger partial charge < -0.3 is 4.74 Å². The first kappa shape index (κ1) is 12.7. The van der Waals surface area contributed by atoms with Crippen molar-refractivity contribution in [2.75, 3.05) is 13.1 Å². The summed E-state index contributed by atoms with van der Waals surface area (Å²) in [6.45, 7) is 1.47. The second-order valence-corrected chi connectivity index (χ2v) is 4.41. The monoisotopic (exact) mass is 246 g/mol. The van der Waals surface area contributed by atoms with Gasteiger partial charge >= 0.3 is 5.97 Å². The Morgan fingerprint density at radius 3 is 2.28 bits per heavy atom. The fraction of sp³-hybridized carbons (Fsp3) is 0.500. The van der Waals surface area contributed by atoms with Crippen molar-refractivity contribution in [3.8, 4) is 0 Å². The molecule has 96 valence electrons. The minimum Gasteiger partial charge on any atom is -0.459 e. The van der Waals surface area contributed by atoms with Gasteiger partial charge in [0.15, 0.2) is 0 Å². The van der Waals surface area contributed by atoms with Crippen LogP contribution in [0, 0.1) is 0 Å². The zero-order valence-electron chi connectivity index (χ0n) is 10.4. The molecule has 1 aliphatic heterocycles. The number of carbonyl (C=O) groups is 1. The summed E-state index contributed by atoms with van der Waals surface area (Å²) < 4.78 is 5.55. The number of rotatable bonds is 2. The van der Waals surface area contributed by atoms with Crippen molar-refractivity contribution >= 4 is 5.97 Å². The Hall–Kier alpha value is -1.71. The molecule has 0 bridgehead atoms. The Labute approximate surface area is 107 Å². The first-order chi connectivity index (χ1) is 8.86. The molecule has 0 spiro atoms. The standard InChI is InChI=1S/C14H18N2O2/c17-14(12-6-2-1-3-7-12)18-13-8-4-10-15-16-11-5-9-13/h1-3,6-7,13H,4-5,8-11H2. The quantitative estimate of drug-likeness (QED) is 0.752. The molecule has 1 aliphatic rings. The van der Waals surface area contributed by atoms with Crippen molar-refractivity contribution in [1.29, 1.82) is 0 Å². The maximum Gasteiger partial charge on any atom is 0.338 e. The predicted molar refractivity (Wildman–Crippen MR) is 68.7 cm³/mol. The number of nitrogens with zero attached hydrogens (tertiary/aromatic N) is 2. The van der Waals surface area contributed by atoms with E-state index in [-0.39, 0.29) is 12.1 Å². The van der Waals surface area contributed by atoms with Gasteiger partial charge in [0.25, 0.3) is 0 Å². The van der Waals surface area contributed by atoms with Gasteiger partial charge in [0.2, 0.25) is 0 Å². The lowest BCUT2D eigenvalue weighted by molar-refractivity contribution is 0.0257. The van der Waals surface area contributed by atoms with E-state index in [0.29, 0.717) is 5.56 Å². The average molecular weight is 246 g/mol. The molecule has 4 heteroatoms. The van der Waals surface area contributed by atoms with E-state index in [9.17, 15) is 4.79 Å². The highest BCUT2D eigenvalue weighted by Crippen LogP contribution is 2.14. The van der Waals surface area contributed by atoms with Crippen LogP contribution in [0.5, 0.6) is 0 Å². The molecule has 0 saturated carbocycles. The van der Waals surface area contributed by atoms with E-state index < -0.39 is 0 Å². The lowest BCUT2D eigenvalue weighted by Gasteiger charge is -2.16. The largest absolute Gasteiger partial charge is 0.459 e. The van der Waals surface area contributed by atoms with Crippen LogP contribution < -0.4 is 0 Å². The zero-order valence-corrected chi connectivity index (χ0v) is 10.4. The summed E-state index contributed by atoms with van der Waals surface area (Å²) >= 11 is 0. The van der Waals surface area contributed by atoms with Crippen LogP contribution in [-0.4, -0.2) is 25.2 Å². The molecule has 1 aromatic rings. The van der Waals surface area contributed by atoms with E-state index >= 15 is 0 Å². The van der Waals surface area contributed by atoms with Gasteiger partial charge in [0.1, 0.15) is 6.10 Å². The molecular formula is C14H18N2O2. The second kappa shape index (κ2) is 6.89.